The Hall–Kier alpha value is -5.27. The number of hydrogen-bond acceptors (Lipinski definition) is 7. The quantitative estimate of drug-likeness (QED) is 0.124. The van der Waals surface area contributed by atoms with Crippen LogP contribution >= 0.6 is 0 Å². The van der Waals surface area contributed by atoms with E-state index >= 15 is 0 Å². The number of hydrogen-bond donors (Lipinski definition) is 6. The molecule has 0 saturated heterocycles. The first-order valence-electron chi connectivity index (χ1n) is 19.5. The van der Waals surface area contributed by atoms with Crippen LogP contribution in [0.3, 0.4) is 0 Å². The van der Waals surface area contributed by atoms with E-state index in [2.05, 4.69) is 21.3 Å². The SMILES string of the molecule is CC[C@H](C)[C@H](NC(=O)[C@H](CC(=O)O)NC(=O)[C@H](CC(C)C)NC(=O)[C@H](NC(C)=O)C1c2ccccc2CCc2ccccc21)C(=O)N(C)[C@H](C(N)=O)[C@@H](C)CC. The highest BCUT2D eigenvalue weighted by atomic mass is 16.4. The van der Waals surface area contributed by atoms with Gasteiger partial charge < -0.3 is 37.0 Å². The number of carboxylic acid groups (broad SMARTS) is 1. The number of carboxylic acids is 1. The van der Waals surface area contributed by atoms with E-state index < -0.39 is 89.9 Å². The van der Waals surface area contributed by atoms with Crippen molar-refractivity contribution >= 4 is 41.4 Å². The molecule has 3 rings (SSSR count). The molecule has 0 spiro atoms. The number of nitrogens with two attached hydrogens (primary N) is 1. The highest BCUT2D eigenvalue weighted by Gasteiger charge is 2.40. The average molecular weight is 777 g/mol. The van der Waals surface area contributed by atoms with E-state index in [4.69, 9.17) is 5.73 Å². The maximum Gasteiger partial charge on any atom is 0.305 e. The second kappa shape index (κ2) is 20.6. The predicted octanol–water partition coefficient (Wildman–Crippen LogP) is 2.80. The van der Waals surface area contributed by atoms with Crippen LogP contribution in [0.5, 0.6) is 0 Å². The number of amides is 6. The molecule has 56 heavy (non-hydrogen) atoms. The van der Waals surface area contributed by atoms with E-state index in [0.717, 1.165) is 35.1 Å². The van der Waals surface area contributed by atoms with Gasteiger partial charge in [-0.15, -0.1) is 0 Å². The number of nitrogens with one attached hydrogen (secondary N) is 4. The van der Waals surface area contributed by atoms with E-state index in [0.29, 0.717) is 12.8 Å². The van der Waals surface area contributed by atoms with Crippen LogP contribution in [0, 0.1) is 17.8 Å². The van der Waals surface area contributed by atoms with Crippen LogP contribution in [0.1, 0.15) is 102 Å². The van der Waals surface area contributed by atoms with Crippen LogP contribution in [-0.2, 0) is 46.4 Å². The lowest BCUT2D eigenvalue weighted by atomic mass is 9.82. The zero-order valence-electron chi connectivity index (χ0n) is 33.9. The molecule has 0 saturated carbocycles. The molecule has 0 aliphatic heterocycles. The van der Waals surface area contributed by atoms with Gasteiger partial charge in [0, 0.05) is 19.9 Å². The molecule has 0 radical (unpaired) electrons. The first-order chi connectivity index (χ1) is 26.4. The summed E-state index contributed by atoms with van der Waals surface area (Å²) in [7, 11) is 1.43. The number of primary amides is 1. The summed E-state index contributed by atoms with van der Waals surface area (Å²) >= 11 is 0. The highest BCUT2D eigenvalue weighted by Crippen LogP contribution is 2.37. The van der Waals surface area contributed by atoms with Crippen LogP contribution in [-0.4, -0.2) is 88.7 Å². The Labute approximate surface area is 330 Å². The van der Waals surface area contributed by atoms with Crippen molar-refractivity contribution in [2.45, 2.75) is 123 Å². The van der Waals surface area contributed by atoms with Crippen LogP contribution in [0.25, 0.3) is 0 Å². The van der Waals surface area contributed by atoms with Gasteiger partial charge in [-0.2, -0.15) is 0 Å². The second-order valence-corrected chi connectivity index (χ2v) is 15.5. The van der Waals surface area contributed by atoms with Gasteiger partial charge in [-0.3, -0.25) is 33.6 Å². The Bertz CT molecular complexity index is 1700. The predicted molar refractivity (Wildman–Crippen MR) is 212 cm³/mol. The molecule has 14 nitrogen and oxygen atoms in total. The molecule has 306 valence electrons. The van der Waals surface area contributed by atoms with Gasteiger partial charge in [0.1, 0.15) is 30.2 Å². The summed E-state index contributed by atoms with van der Waals surface area (Å²) in [6, 6.07) is 9.36. The largest absolute Gasteiger partial charge is 0.481 e. The summed E-state index contributed by atoms with van der Waals surface area (Å²) in [4.78, 5) is 94.5. The fourth-order valence-corrected chi connectivity index (χ4v) is 7.44. The number of rotatable bonds is 19. The first-order valence-corrected chi connectivity index (χ1v) is 19.5. The molecule has 0 heterocycles. The Morgan fingerprint density at radius 3 is 1.71 bits per heavy atom. The first kappa shape index (κ1) is 45.1. The molecule has 0 unspecified atom stereocenters. The number of nitrogens with zero attached hydrogens (tertiary/aromatic N) is 1. The Morgan fingerprint density at radius 1 is 0.750 bits per heavy atom. The van der Waals surface area contributed by atoms with Crippen molar-refractivity contribution in [3.05, 3.63) is 70.8 Å². The van der Waals surface area contributed by atoms with Crippen molar-refractivity contribution in [1.29, 1.82) is 0 Å². The molecule has 2 aromatic carbocycles. The third-order valence-corrected chi connectivity index (χ3v) is 10.8. The lowest BCUT2D eigenvalue weighted by Crippen LogP contribution is -2.61. The molecule has 7 N–H and O–H groups in total. The standard InChI is InChI=1S/C42H60N6O8/c1-9-24(5)35(42(56)48(8)37(38(43)52)25(6)10-2)47-40(54)32(22-33(50)51)45-39(53)31(21-23(3)4)46-41(55)36(44-26(7)49)34-29-17-13-11-15-27(29)19-20-28-16-12-14-18-30(28)34/h11-18,23-25,31-32,34-37H,9-10,19-22H2,1-8H3,(H2,43,52)(H,44,49)(H,45,53)(H,46,55)(H,47,54)(H,50,51)/t24-,25-,31-,32-,35-,36+,37-/m0/s1. The number of aliphatic carboxylic acids is 1. The number of carbonyl (C=O) groups excluding carboxylic acids is 6. The third kappa shape index (κ3) is 11.6. The molecule has 7 atom stereocenters. The van der Waals surface area contributed by atoms with Gasteiger partial charge in [-0.25, -0.2) is 0 Å². The van der Waals surface area contributed by atoms with Gasteiger partial charge in [0.2, 0.25) is 35.4 Å². The number of carbonyl (C=O) groups is 7. The molecule has 6 amide bonds. The van der Waals surface area contributed by atoms with Crippen molar-refractivity contribution in [3.63, 3.8) is 0 Å². The summed E-state index contributed by atoms with van der Waals surface area (Å²) in [5.41, 5.74) is 9.47. The summed E-state index contributed by atoms with van der Waals surface area (Å²) in [5, 5.41) is 20.6. The molecule has 1 aliphatic rings. The summed E-state index contributed by atoms with van der Waals surface area (Å²) in [6.45, 7) is 12.2. The van der Waals surface area contributed by atoms with Crippen LogP contribution < -0.4 is 27.0 Å². The van der Waals surface area contributed by atoms with Crippen molar-refractivity contribution in [2.24, 2.45) is 23.5 Å². The topological polar surface area (TPSA) is 217 Å². The maximum atomic E-state index is 14.4. The van der Waals surface area contributed by atoms with E-state index in [1.54, 1.807) is 13.8 Å². The Kier molecular flexibility index (Phi) is 16.6. The number of benzene rings is 2. The molecule has 0 fully saturated rings. The zero-order chi connectivity index (χ0) is 41.9. The minimum absolute atomic E-state index is 0.118. The number of aryl methyl sites for hydroxylation is 2. The van der Waals surface area contributed by atoms with Crippen LogP contribution in [0.4, 0.5) is 0 Å². The van der Waals surface area contributed by atoms with Gasteiger partial charge in [-0.05, 0) is 59.3 Å². The van der Waals surface area contributed by atoms with E-state index in [9.17, 15) is 38.7 Å². The Morgan fingerprint density at radius 2 is 1.25 bits per heavy atom. The van der Waals surface area contributed by atoms with Gasteiger partial charge in [0.25, 0.3) is 0 Å². The van der Waals surface area contributed by atoms with E-state index in [1.165, 1.54) is 18.9 Å². The summed E-state index contributed by atoms with van der Waals surface area (Å²) < 4.78 is 0. The molecule has 14 heteroatoms. The highest BCUT2D eigenvalue weighted by molar-refractivity contribution is 5.97. The van der Waals surface area contributed by atoms with Gasteiger partial charge in [0.05, 0.1) is 6.42 Å². The molecule has 1 aliphatic carbocycles. The lowest BCUT2D eigenvalue weighted by molar-refractivity contribution is -0.145. The zero-order valence-corrected chi connectivity index (χ0v) is 33.9. The maximum absolute atomic E-state index is 14.4. The molecule has 0 bridgehead atoms. The van der Waals surface area contributed by atoms with E-state index in [-0.39, 0.29) is 18.3 Å². The smallest absolute Gasteiger partial charge is 0.305 e. The van der Waals surface area contributed by atoms with Crippen LogP contribution in [0.2, 0.25) is 0 Å². The van der Waals surface area contributed by atoms with Crippen molar-refractivity contribution < 1.29 is 38.7 Å². The van der Waals surface area contributed by atoms with Crippen molar-refractivity contribution in [2.75, 3.05) is 7.05 Å². The normalized spacial score (nSPS) is 16.2. The summed E-state index contributed by atoms with van der Waals surface area (Å²) in [5.74, 6) is -6.96. The van der Waals surface area contributed by atoms with Crippen molar-refractivity contribution in [3.8, 4) is 0 Å². The minimum atomic E-state index is -1.63. The van der Waals surface area contributed by atoms with Gasteiger partial charge >= 0.3 is 5.97 Å². The van der Waals surface area contributed by atoms with E-state index in [1.807, 2.05) is 76.2 Å². The number of likely N-dealkylation sites (N-methyl/N-ethyl adjacent to an activating group) is 1. The van der Waals surface area contributed by atoms with Gasteiger partial charge in [-0.1, -0.05) is 103 Å². The number of fused-ring (bicyclic) bond motifs is 2. The molecule has 2 aromatic rings. The Balaban J connectivity index is 1.96. The average Bonchev–Trinajstić information content (AvgIpc) is 3.30. The third-order valence-electron chi connectivity index (χ3n) is 10.8. The fourth-order valence-electron chi connectivity index (χ4n) is 7.44. The van der Waals surface area contributed by atoms with Crippen molar-refractivity contribution in [1.82, 2.24) is 26.2 Å². The molecular formula is C42H60N6O8. The monoisotopic (exact) mass is 776 g/mol. The lowest BCUT2D eigenvalue weighted by Gasteiger charge is -2.35. The fraction of sp³-hybridized carbons (Fsp3) is 0.548. The minimum Gasteiger partial charge on any atom is -0.481 e. The second-order valence-electron chi connectivity index (χ2n) is 15.5. The van der Waals surface area contributed by atoms with Gasteiger partial charge in [0.15, 0.2) is 0 Å². The summed E-state index contributed by atoms with van der Waals surface area (Å²) in [6.07, 6.45) is 1.75. The van der Waals surface area contributed by atoms with Crippen LogP contribution in [0.15, 0.2) is 48.5 Å². The molecule has 0 aromatic heterocycles. The molecular weight excluding hydrogens is 716 g/mol.